The average Bonchev–Trinajstić information content (AvgIpc) is 3.22. The molecular weight excluding hydrogens is 392 g/mol. The fraction of sp³-hybridized carbons (Fsp3) is 0.474. The highest BCUT2D eigenvalue weighted by atomic mass is 32.2. The maximum Gasteiger partial charge on any atom is 0.235 e. The second-order valence-corrected chi connectivity index (χ2v) is 9.21. The van der Waals surface area contributed by atoms with Crippen LogP contribution in [0.3, 0.4) is 0 Å². The molecule has 2 aliphatic rings. The van der Waals surface area contributed by atoms with E-state index >= 15 is 0 Å². The summed E-state index contributed by atoms with van der Waals surface area (Å²) >= 11 is 3.12. The molecule has 0 spiro atoms. The van der Waals surface area contributed by atoms with Crippen LogP contribution in [0.2, 0.25) is 0 Å². The third kappa shape index (κ3) is 3.60. The molecule has 3 aromatic heterocycles. The summed E-state index contributed by atoms with van der Waals surface area (Å²) < 4.78 is 4.17. The molecule has 3 aromatic rings. The second kappa shape index (κ2) is 7.71. The maximum atomic E-state index is 12.6. The molecule has 2 saturated carbocycles. The monoisotopic (exact) mass is 414 g/mol. The second-order valence-electron chi connectivity index (χ2n) is 7.32. The molecule has 5 rings (SSSR count). The Morgan fingerprint density at radius 2 is 2.04 bits per heavy atom. The lowest BCUT2D eigenvalue weighted by Gasteiger charge is -2.14. The van der Waals surface area contributed by atoms with Crippen molar-refractivity contribution in [3.8, 4) is 10.7 Å². The lowest BCUT2D eigenvalue weighted by molar-refractivity contribution is -0.113. The highest BCUT2D eigenvalue weighted by molar-refractivity contribution is 7.99. The van der Waals surface area contributed by atoms with Crippen LogP contribution in [0.5, 0.6) is 0 Å². The van der Waals surface area contributed by atoms with Crippen molar-refractivity contribution in [2.75, 3.05) is 11.1 Å². The number of thioether (sulfide) groups is 1. The molecule has 0 bridgehead atoms. The van der Waals surface area contributed by atoms with Crippen LogP contribution in [0, 0.1) is 0 Å². The number of hydrogen-bond donors (Lipinski definition) is 1. The first-order valence-corrected chi connectivity index (χ1v) is 11.6. The summed E-state index contributed by atoms with van der Waals surface area (Å²) in [5.74, 6) is 1.98. The number of carbonyl (C=O) groups is 1. The lowest BCUT2D eigenvalue weighted by Crippen LogP contribution is -2.19. The van der Waals surface area contributed by atoms with Gasteiger partial charge in [-0.15, -0.1) is 21.5 Å². The molecule has 1 N–H and O–H groups in total. The zero-order valence-electron chi connectivity index (χ0n) is 15.5. The van der Waals surface area contributed by atoms with Crippen molar-refractivity contribution in [3.05, 3.63) is 29.8 Å². The lowest BCUT2D eigenvalue weighted by atomic mass is 10.2. The van der Waals surface area contributed by atoms with Crippen molar-refractivity contribution in [3.63, 3.8) is 0 Å². The Balaban J connectivity index is 1.26. The van der Waals surface area contributed by atoms with Crippen LogP contribution in [0.4, 0.5) is 5.82 Å². The predicted octanol–water partition coefficient (Wildman–Crippen LogP) is 4.38. The molecular formula is C19H22N6OS2. The molecule has 1 amide bonds. The van der Waals surface area contributed by atoms with Gasteiger partial charge in [0.25, 0.3) is 0 Å². The van der Waals surface area contributed by atoms with Gasteiger partial charge in [-0.05, 0) is 37.1 Å². The summed E-state index contributed by atoms with van der Waals surface area (Å²) in [6, 6.07) is 6.84. The van der Waals surface area contributed by atoms with Crippen LogP contribution < -0.4 is 5.32 Å². The minimum Gasteiger partial charge on any atom is -0.310 e. The zero-order valence-corrected chi connectivity index (χ0v) is 17.1. The maximum absolute atomic E-state index is 12.6. The summed E-state index contributed by atoms with van der Waals surface area (Å²) in [6.07, 6.45) is 8.80. The third-order valence-corrected chi connectivity index (χ3v) is 7.07. The average molecular weight is 415 g/mol. The molecule has 0 unspecified atom stereocenters. The van der Waals surface area contributed by atoms with E-state index in [9.17, 15) is 4.79 Å². The summed E-state index contributed by atoms with van der Waals surface area (Å²) in [5.41, 5.74) is 0. The number of rotatable bonds is 7. The summed E-state index contributed by atoms with van der Waals surface area (Å²) in [7, 11) is 0. The SMILES string of the molecule is O=C(CSc1nnc(-c2cccs2)n1C1CC1)Nc1ccnn1C1CCCC1. The molecule has 2 aliphatic carbocycles. The minimum atomic E-state index is -0.0345. The first kappa shape index (κ1) is 17.9. The van der Waals surface area contributed by atoms with Gasteiger partial charge in [-0.25, -0.2) is 4.68 Å². The molecule has 2 fully saturated rings. The van der Waals surface area contributed by atoms with E-state index in [0.29, 0.717) is 17.8 Å². The number of nitrogens with zero attached hydrogens (tertiary/aromatic N) is 5. The number of hydrogen-bond acceptors (Lipinski definition) is 6. The summed E-state index contributed by atoms with van der Waals surface area (Å²) in [5, 5.41) is 19.1. The van der Waals surface area contributed by atoms with Gasteiger partial charge in [-0.2, -0.15) is 5.10 Å². The Labute approximate surface area is 171 Å². The Bertz CT molecular complexity index is 953. The van der Waals surface area contributed by atoms with E-state index in [2.05, 4.69) is 36.6 Å². The Kier molecular flexibility index (Phi) is 4.94. The first-order chi connectivity index (χ1) is 13.8. The van der Waals surface area contributed by atoms with Gasteiger partial charge >= 0.3 is 0 Å². The largest absolute Gasteiger partial charge is 0.310 e. The number of nitrogens with one attached hydrogen (secondary N) is 1. The van der Waals surface area contributed by atoms with Crippen molar-refractivity contribution < 1.29 is 4.79 Å². The molecule has 9 heteroatoms. The van der Waals surface area contributed by atoms with Gasteiger partial charge in [0.15, 0.2) is 11.0 Å². The molecule has 0 atom stereocenters. The van der Waals surface area contributed by atoms with Crippen molar-refractivity contribution in [1.29, 1.82) is 0 Å². The van der Waals surface area contributed by atoms with E-state index < -0.39 is 0 Å². The third-order valence-electron chi connectivity index (χ3n) is 5.26. The first-order valence-electron chi connectivity index (χ1n) is 9.74. The van der Waals surface area contributed by atoms with Crippen LogP contribution in [0.1, 0.15) is 50.6 Å². The highest BCUT2D eigenvalue weighted by Gasteiger charge is 2.30. The van der Waals surface area contributed by atoms with Crippen molar-refractivity contribution in [2.45, 2.75) is 55.8 Å². The van der Waals surface area contributed by atoms with Crippen LogP contribution in [0.25, 0.3) is 10.7 Å². The molecule has 146 valence electrons. The summed E-state index contributed by atoms with van der Waals surface area (Å²) in [4.78, 5) is 13.7. The van der Waals surface area contributed by atoms with Gasteiger partial charge in [0.05, 0.1) is 22.9 Å². The van der Waals surface area contributed by atoms with Crippen LogP contribution in [-0.2, 0) is 4.79 Å². The van der Waals surface area contributed by atoms with Crippen LogP contribution in [-0.4, -0.2) is 36.2 Å². The summed E-state index contributed by atoms with van der Waals surface area (Å²) in [6.45, 7) is 0. The van der Waals surface area contributed by atoms with Crippen LogP contribution in [0.15, 0.2) is 34.9 Å². The van der Waals surface area contributed by atoms with Gasteiger partial charge in [0.2, 0.25) is 5.91 Å². The number of aromatic nitrogens is 5. The van der Waals surface area contributed by atoms with E-state index in [4.69, 9.17) is 0 Å². The number of anilines is 1. The van der Waals surface area contributed by atoms with Gasteiger partial charge < -0.3 is 5.32 Å². The smallest absolute Gasteiger partial charge is 0.235 e. The van der Waals surface area contributed by atoms with Gasteiger partial charge in [0.1, 0.15) is 5.82 Å². The fourth-order valence-electron chi connectivity index (χ4n) is 3.77. The van der Waals surface area contributed by atoms with Crippen molar-refractivity contribution in [1.82, 2.24) is 24.5 Å². The minimum absolute atomic E-state index is 0.0345. The quantitative estimate of drug-likeness (QED) is 0.581. The Morgan fingerprint density at radius 3 is 2.79 bits per heavy atom. The van der Waals surface area contributed by atoms with E-state index in [1.807, 2.05) is 16.8 Å². The van der Waals surface area contributed by atoms with E-state index in [-0.39, 0.29) is 5.91 Å². The number of thiophene rings is 1. The normalized spacial score (nSPS) is 17.3. The van der Waals surface area contributed by atoms with Crippen molar-refractivity contribution >= 4 is 34.8 Å². The number of amides is 1. The molecule has 0 aromatic carbocycles. The molecule has 3 heterocycles. The van der Waals surface area contributed by atoms with E-state index in [1.54, 1.807) is 17.5 Å². The topological polar surface area (TPSA) is 77.6 Å². The number of carbonyl (C=O) groups excluding carboxylic acids is 1. The molecule has 7 nitrogen and oxygen atoms in total. The predicted molar refractivity (Wildman–Crippen MR) is 111 cm³/mol. The molecule has 28 heavy (non-hydrogen) atoms. The highest BCUT2D eigenvalue weighted by Crippen LogP contribution is 2.41. The standard InChI is InChI=1S/C19H22N6OS2/c26-17(21-16-9-10-20-25(16)14-4-1-2-5-14)12-28-19-23-22-18(15-6-3-11-27-15)24(19)13-7-8-13/h3,6,9-11,13-14H,1-2,4-5,7-8,12H2,(H,21,26). The fourth-order valence-corrected chi connectivity index (χ4v) is 5.28. The van der Waals surface area contributed by atoms with E-state index in [1.165, 1.54) is 24.6 Å². The van der Waals surface area contributed by atoms with E-state index in [0.717, 1.165) is 47.4 Å². The molecule has 0 saturated heterocycles. The van der Waals surface area contributed by atoms with Gasteiger partial charge in [-0.1, -0.05) is 30.7 Å². The molecule has 0 radical (unpaired) electrons. The van der Waals surface area contributed by atoms with Gasteiger partial charge in [0, 0.05) is 12.1 Å². The van der Waals surface area contributed by atoms with Gasteiger partial charge in [-0.3, -0.25) is 9.36 Å². The van der Waals surface area contributed by atoms with Crippen LogP contribution >= 0.6 is 23.1 Å². The van der Waals surface area contributed by atoms with Crippen molar-refractivity contribution in [2.24, 2.45) is 0 Å². The molecule has 0 aliphatic heterocycles. The Morgan fingerprint density at radius 1 is 1.18 bits per heavy atom. The zero-order chi connectivity index (χ0) is 18.9. The Hall–Kier alpha value is -2.13.